The number of nitrogens with zero attached hydrogens (tertiary/aromatic N) is 2. The van der Waals surface area contributed by atoms with E-state index in [9.17, 15) is 13.6 Å². The maximum Gasteiger partial charge on any atom is 0.347 e. The van der Waals surface area contributed by atoms with Crippen molar-refractivity contribution in [3.05, 3.63) is 58.3 Å². The molecule has 1 unspecified atom stereocenters. The number of imidazole rings is 1. The molecule has 0 saturated heterocycles. The molecule has 3 aromatic rings. The molecule has 1 heterocycles. The second-order valence-electron chi connectivity index (χ2n) is 5.61. The van der Waals surface area contributed by atoms with Crippen LogP contribution in [0.2, 0.25) is 10.0 Å². The molecule has 0 spiro atoms. The number of hydrogen-bond acceptors (Lipinski definition) is 4. The zero-order chi connectivity index (χ0) is 19.6. The Kier molecular flexibility index (Phi) is 5.82. The molecule has 0 aliphatic heterocycles. The second-order valence-corrected chi connectivity index (χ2v) is 6.45. The number of aromatic nitrogens is 2. The highest BCUT2D eigenvalue weighted by molar-refractivity contribution is 6.35. The van der Waals surface area contributed by atoms with E-state index in [-0.39, 0.29) is 22.1 Å². The molecular weight excluding hydrogens is 401 g/mol. The molecule has 0 aliphatic carbocycles. The summed E-state index contributed by atoms with van der Waals surface area (Å²) in [5.74, 6) is -0.546. The fourth-order valence-electron chi connectivity index (χ4n) is 2.48. The van der Waals surface area contributed by atoms with Crippen molar-refractivity contribution in [3.63, 3.8) is 0 Å². The fraction of sp³-hybridized carbons (Fsp3) is 0.222. The Bertz CT molecular complexity index is 978. The number of alkyl halides is 2. The molecule has 142 valence electrons. The van der Waals surface area contributed by atoms with Crippen molar-refractivity contribution in [2.75, 3.05) is 0 Å². The number of fused-ring (bicyclic) bond motifs is 1. The minimum absolute atomic E-state index is 0.0590. The van der Waals surface area contributed by atoms with E-state index in [0.29, 0.717) is 10.5 Å². The first-order chi connectivity index (χ1) is 12.9. The SMILES string of the molecule is CC(Oc1ccc(Cl)cc1Cl)C(=O)OCc1nc2ccccc2n1C(F)F. The largest absolute Gasteiger partial charge is 0.477 e. The standard InChI is InChI=1S/C18H14Cl2F2N2O3/c1-10(27-15-7-6-11(19)8-12(15)20)17(25)26-9-16-23-13-4-2-3-5-14(13)24(16)18(21)22/h2-8,10,18H,9H2,1H3. The molecule has 1 aromatic heterocycles. The zero-order valence-electron chi connectivity index (χ0n) is 14.0. The first-order valence-corrected chi connectivity index (χ1v) is 8.64. The van der Waals surface area contributed by atoms with Gasteiger partial charge in [0.1, 0.15) is 12.4 Å². The van der Waals surface area contributed by atoms with E-state index >= 15 is 0 Å². The van der Waals surface area contributed by atoms with E-state index in [4.69, 9.17) is 32.7 Å². The number of rotatable bonds is 6. The van der Waals surface area contributed by atoms with Gasteiger partial charge in [0.2, 0.25) is 0 Å². The van der Waals surface area contributed by atoms with E-state index in [1.807, 2.05) is 0 Å². The lowest BCUT2D eigenvalue weighted by Gasteiger charge is -2.15. The highest BCUT2D eigenvalue weighted by Crippen LogP contribution is 2.28. The minimum atomic E-state index is -2.81. The van der Waals surface area contributed by atoms with Crippen molar-refractivity contribution in [2.45, 2.75) is 26.2 Å². The van der Waals surface area contributed by atoms with Gasteiger partial charge in [-0.2, -0.15) is 8.78 Å². The van der Waals surface area contributed by atoms with Crippen LogP contribution in [0.4, 0.5) is 8.78 Å². The molecule has 0 N–H and O–H groups in total. The average molecular weight is 415 g/mol. The van der Waals surface area contributed by atoms with Crippen molar-refractivity contribution in [3.8, 4) is 5.75 Å². The van der Waals surface area contributed by atoms with Crippen molar-refractivity contribution in [1.82, 2.24) is 9.55 Å². The van der Waals surface area contributed by atoms with Crippen molar-refractivity contribution in [1.29, 1.82) is 0 Å². The predicted octanol–water partition coefficient (Wildman–Crippen LogP) is 5.25. The summed E-state index contributed by atoms with van der Waals surface area (Å²) in [5, 5.41) is 0.662. The van der Waals surface area contributed by atoms with E-state index in [0.717, 1.165) is 4.57 Å². The number of ether oxygens (including phenoxy) is 2. The van der Waals surface area contributed by atoms with Gasteiger partial charge in [-0.1, -0.05) is 35.3 Å². The molecule has 0 saturated carbocycles. The number of halogens is 4. The summed E-state index contributed by atoms with van der Waals surface area (Å²) >= 11 is 11.8. The van der Waals surface area contributed by atoms with Gasteiger partial charge in [0.05, 0.1) is 16.1 Å². The number of esters is 1. The van der Waals surface area contributed by atoms with Crippen molar-refractivity contribution in [2.24, 2.45) is 0 Å². The molecule has 0 aliphatic rings. The van der Waals surface area contributed by atoms with Crippen LogP contribution in [0, 0.1) is 0 Å². The monoisotopic (exact) mass is 414 g/mol. The van der Waals surface area contributed by atoms with Crippen LogP contribution in [-0.4, -0.2) is 21.6 Å². The zero-order valence-corrected chi connectivity index (χ0v) is 15.5. The third-order valence-electron chi connectivity index (χ3n) is 3.74. The van der Waals surface area contributed by atoms with Crippen LogP contribution < -0.4 is 4.74 Å². The first-order valence-electron chi connectivity index (χ1n) is 7.89. The fourth-order valence-corrected chi connectivity index (χ4v) is 2.93. The highest BCUT2D eigenvalue weighted by Gasteiger charge is 2.22. The van der Waals surface area contributed by atoms with Gasteiger partial charge in [-0.05, 0) is 37.3 Å². The topological polar surface area (TPSA) is 53.4 Å². The van der Waals surface area contributed by atoms with Gasteiger partial charge >= 0.3 is 12.5 Å². The molecule has 0 amide bonds. The van der Waals surface area contributed by atoms with E-state index < -0.39 is 25.2 Å². The van der Waals surface area contributed by atoms with E-state index in [2.05, 4.69) is 4.98 Å². The Morgan fingerprint density at radius 1 is 1.22 bits per heavy atom. The van der Waals surface area contributed by atoms with Gasteiger partial charge in [-0.3, -0.25) is 4.57 Å². The van der Waals surface area contributed by atoms with Crippen LogP contribution in [0.3, 0.4) is 0 Å². The number of carbonyl (C=O) groups is 1. The molecule has 0 radical (unpaired) electrons. The maximum atomic E-state index is 13.4. The molecule has 5 nitrogen and oxygen atoms in total. The van der Waals surface area contributed by atoms with Gasteiger partial charge in [0, 0.05) is 5.02 Å². The van der Waals surface area contributed by atoms with Crippen LogP contribution in [0.25, 0.3) is 11.0 Å². The van der Waals surface area contributed by atoms with Crippen LogP contribution in [-0.2, 0) is 16.1 Å². The second kappa shape index (κ2) is 8.10. The average Bonchev–Trinajstić information content (AvgIpc) is 3.00. The summed E-state index contributed by atoms with van der Waals surface area (Å²) in [6.45, 7) is -1.77. The van der Waals surface area contributed by atoms with Gasteiger partial charge < -0.3 is 9.47 Å². The lowest BCUT2D eigenvalue weighted by molar-refractivity contribution is -0.152. The summed E-state index contributed by atoms with van der Waals surface area (Å²) in [4.78, 5) is 16.3. The van der Waals surface area contributed by atoms with E-state index in [1.165, 1.54) is 25.1 Å². The molecule has 0 fully saturated rings. The molecular formula is C18H14Cl2F2N2O3. The third-order valence-corrected chi connectivity index (χ3v) is 4.27. The number of carbonyl (C=O) groups excluding carboxylic acids is 1. The van der Waals surface area contributed by atoms with Crippen molar-refractivity contribution >= 4 is 40.2 Å². The van der Waals surface area contributed by atoms with Gasteiger partial charge in [-0.25, -0.2) is 9.78 Å². The highest BCUT2D eigenvalue weighted by atomic mass is 35.5. The van der Waals surface area contributed by atoms with Gasteiger partial charge in [-0.15, -0.1) is 0 Å². The number of para-hydroxylation sites is 2. The van der Waals surface area contributed by atoms with Gasteiger partial charge in [0.15, 0.2) is 11.9 Å². The first kappa shape index (κ1) is 19.4. The van der Waals surface area contributed by atoms with Gasteiger partial charge in [0.25, 0.3) is 0 Å². The quantitative estimate of drug-likeness (QED) is 0.516. The molecule has 3 rings (SSSR count). The van der Waals surface area contributed by atoms with Crippen LogP contribution in [0.1, 0.15) is 19.3 Å². The molecule has 0 bridgehead atoms. The summed E-state index contributed by atoms with van der Waals surface area (Å²) in [7, 11) is 0. The summed E-state index contributed by atoms with van der Waals surface area (Å²) in [5.41, 5.74) is 0.650. The number of benzene rings is 2. The molecule has 2 aromatic carbocycles. The molecule has 27 heavy (non-hydrogen) atoms. The Balaban J connectivity index is 1.70. The molecule has 9 heteroatoms. The normalized spacial score (nSPS) is 12.4. The summed E-state index contributed by atoms with van der Waals surface area (Å²) < 4.78 is 38.0. The Hall–Kier alpha value is -2.38. The Morgan fingerprint density at radius 3 is 2.67 bits per heavy atom. The minimum Gasteiger partial charge on any atom is -0.477 e. The molecule has 1 atom stereocenters. The summed E-state index contributed by atoms with van der Waals surface area (Å²) in [6, 6.07) is 11.0. The summed E-state index contributed by atoms with van der Waals surface area (Å²) in [6.07, 6.45) is -1.01. The predicted molar refractivity (Wildman–Crippen MR) is 97.3 cm³/mol. The lowest BCUT2D eigenvalue weighted by Crippen LogP contribution is -2.26. The lowest BCUT2D eigenvalue weighted by atomic mass is 10.3. The van der Waals surface area contributed by atoms with Crippen molar-refractivity contribution < 1.29 is 23.0 Å². The number of hydrogen-bond donors (Lipinski definition) is 0. The maximum absolute atomic E-state index is 13.4. The van der Waals surface area contributed by atoms with E-state index in [1.54, 1.807) is 24.3 Å². The Labute approximate surface area is 163 Å². The van der Waals surface area contributed by atoms with Crippen LogP contribution >= 0.6 is 23.2 Å². The smallest absolute Gasteiger partial charge is 0.347 e. The van der Waals surface area contributed by atoms with Crippen LogP contribution in [0.5, 0.6) is 5.75 Å². The third kappa shape index (κ3) is 4.31. The van der Waals surface area contributed by atoms with Crippen LogP contribution in [0.15, 0.2) is 42.5 Å². The Morgan fingerprint density at radius 2 is 1.96 bits per heavy atom.